The Morgan fingerprint density at radius 3 is 1.98 bits per heavy atom. The summed E-state index contributed by atoms with van der Waals surface area (Å²) in [5.41, 5.74) is 5.80. The van der Waals surface area contributed by atoms with Crippen molar-refractivity contribution in [2.75, 3.05) is 19.7 Å². The minimum absolute atomic E-state index is 0.121. The second-order valence-corrected chi connectivity index (χ2v) is 12.6. The average Bonchev–Trinajstić information content (AvgIpc) is 3.71. The molecule has 4 amide bonds. The molecule has 3 rings (SSSR count). The summed E-state index contributed by atoms with van der Waals surface area (Å²) < 4.78 is 28.2. The Labute approximate surface area is 288 Å². The van der Waals surface area contributed by atoms with Crippen LogP contribution in [-0.2, 0) is 62.0 Å². The van der Waals surface area contributed by atoms with Crippen molar-refractivity contribution in [1.82, 2.24) is 20.4 Å². The number of hydrogen-bond donors (Lipinski definition) is 4. The Bertz CT molecular complexity index is 1330. The van der Waals surface area contributed by atoms with Crippen molar-refractivity contribution in [1.29, 1.82) is 0 Å². The molecule has 3 aliphatic heterocycles. The van der Waals surface area contributed by atoms with Gasteiger partial charge in [-0.1, -0.05) is 0 Å². The predicted octanol–water partition coefficient (Wildman–Crippen LogP) is -2.05. The zero-order valence-corrected chi connectivity index (χ0v) is 28.9. The number of nitrogens with one attached hydrogen (secondary N) is 2. The Morgan fingerprint density at radius 1 is 0.860 bits per heavy atom. The molecule has 3 saturated heterocycles. The standard InChI is InChI=1S/C31H47N5O14/c1-14(32)27(41)34-23(29(43)35-11-7-9-20(35)28(42)36-12-8-10-21(36)30(44)45)15(2)47-31-24(33-16(3)37)26(49-19(6)40)25(48-18(5)39)22(50-31)13-46-17(4)38/h14-15,20-26,31H,7-13,32H2,1-6H3,(H,33,37)(H,34,41)(H,44,45)/t14-,15+,20-,21-,22+,23-,24+,25-,26+,31-/m0/s1. The number of esters is 3. The third kappa shape index (κ3) is 10.1. The van der Waals surface area contributed by atoms with Crippen LogP contribution in [-0.4, -0.2) is 143 Å². The molecule has 3 heterocycles. The normalized spacial score (nSPS) is 28.1. The highest BCUT2D eigenvalue weighted by molar-refractivity contribution is 5.95. The molecule has 0 spiro atoms. The molecule has 0 aromatic heterocycles. The molecule has 0 bridgehead atoms. The summed E-state index contributed by atoms with van der Waals surface area (Å²) >= 11 is 0. The van der Waals surface area contributed by atoms with Gasteiger partial charge in [-0.25, -0.2) is 4.79 Å². The number of hydrogen-bond acceptors (Lipinski definition) is 14. The number of ether oxygens (including phenoxy) is 5. The minimum Gasteiger partial charge on any atom is -0.480 e. The van der Waals surface area contributed by atoms with Gasteiger partial charge >= 0.3 is 23.9 Å². The van der Waals surface area contributed by atoms with Gasteiger partial charge < -0.3 is 55.0 Å². The van der Waals surface area contributed by atoms with E-state index in [4.69, 9.17) is 29.4 Å². The molecule has 19 heteroatoms. The lowest BCUT2D eigenvalue weighted by atomic mass is 9.95. The fraction of sp³-hybridized carbons (Fsp3) is 0.742. The number of carbonyl (C=O) groups is 8. The Balaban J connectivity index is 1.98. The summed E-state index contributed by atoms with van der Waals surface area (Å²) in [4.78, 5) is 103. The molecule has 0 aliphatic carbocycles. The number of aliphatic carboxylic acids is 1. The van der Waals surface area contributed by atoms with Gasteiger partial charge in [0.1, 0.15) is 36.9 Å². The SMILES string of the molecule is CC(=O)N[C@H]1[C@@H](O[C@H](C)[C@H](NC(=O)[C@H](C)N)C(=O)N2CCC[C@H]2C(=O)N2CCC[C@H]2C(=O)O)O[C@H](COC(C)=O)[C@H](OC(C)=O)[C@@H]1OC(C)=O. The van der Waals surface area contributed by atoms with Crippen LogP contribution in [0.1, 0.15) is 67.2 Å². The van der Waals surface area contributed by atoms with E-state index in [1.54, 1.807) is 0 Å². The fourth-order valence-electron chi connectivity index (χ4n) is 6.31. The van der Waals surface area contributed by atoms with Gasteiger partial charge in [0.2, 0.25) is 23.6 Å². The van der Waals surface area contributed by atoms with Crippen molar-refractivity contribution in [3.63, 3.8) is 0 Å². The van der Waals surface area contributed by atoms with Crippen molar-refractivity contribution in [3.05, 3.63) is 0 Å². The van der Waals surface area contributed by atoms with Gasteiger partial charge in [-0.2, -0.15) is 0 Å². The minimum atomic E-state index is -1.56. The smallest absolute Gasteiger partial charge is 0.326 e. The van der Waals surface area contributed by atoms with Crippen molar-refractivity contribution in [3.8, 4) is 0 Å². The van der Waals surface area contributed by atoms with Crippen molar-refractivity contribution in [2.24, 2.45) is 5.73 Å². The first kappa shape index (κ1) is 40.1. The molecule has 0 aromatic rings. The van der Waals surface area contributed by atoms with Gasteiger partial charge in [0.25, 0.3) is 0 Å². The first-order chi connectivity index (χ1) is 23.4. The van der Waals surface area contributed by atoms with Crippen molar-refractivity contribution < 1.29 is 67.1 Å². The van der Waals surface area contributed by atoms with Crippen LogP contribution in [0.3, 0.4) is 0 Å². The molecule has 3 aliphatic rings. The number of carbonyl (C=O) groups excluding carboxylic acids is 7. The van der Waals surface area contributed by atoms with E-state index in [2.05, 4.69) is 10.6 Å². The molecular weight excluding hydrogens is 666 g/mol. The van der Waals surface area contributed by atoms with Gasteiger partial charge in [0, 0.05) is 40.8 Å². The van der Waals surface area contributed by atoms with Crippen LogP contribution < -0.4 is 16.4 Å². The third-order valence-corrected chi connectivity index (χ3v) is 8.51. The van der Waals surface area contributed by atoms with Crippen LogP contribution >= 0.6 is 0 Å². The van der Waals surface area contributed by atoms with Gasteiger partial charge in [-0.05, 0) is 39.5 Å². The second-order valence-electron chi connectivity index (χ2n) is 12.6. The highest BCUT2D eigenvalue weighted by Gasteiger charge is 2.53. The molecule has 5 N–H and O–H groups in total. The first-order valence-corrected chi connectivity index (χ1v) is 16.4. The predicted molar refractivity (Wildman–Crippen MR) is 167 cm³/mol. The van der Waals surface area contributed by atoms with E-state index in [0.717, 1.165) is 27.7 Å². The zero-order valence-electron chi connectivity index (χ0n) is 28.9. The highest BCUT2D eigenvalue weighted by atomic mass is 16.7. The van der Waals surface area contributed by atoms with E-state index >= 15 is 0 Å². The molecule has 0 radical (unpaired) electrons. The molecule has 19 nitrogen and oxygen atoms in total. The number of likely N-dealkylation sites (tertiary alicyclic amines) is 2. The fourth-order valence-corrected chi connectivity index (χ4v) is 6.31. The lowest BCUT2D eigenvalue weighted by Gasteiger charge is -2.46. The number of carboxylic acids is 1. The number of rotatable bonds is 13. The lowest BCUT2D eigenvalue weighted by molar-refractivity contribution is -0.287. The maximum Gasteiger partial charge on any atom is 0.326 e. The van der Waals surface area contributed by atoms with Crippen molar-refractivity contribution in [2.45, 2.75) is 128 Å². The van der Waals surface area contributed by atoms with E-state index in [1.165, 1.54) is 23.6 Å². The maximum atomic E-state index is 14.2. The Kier molecular flexibility index (Phi) is 14.0. The molecule has 0 unspecified atom stereocenters. The summed E-state index contributed by atoms with van der Waals surface area (Å²) in [5.74, 6) is -6.12. The quantitative estimate of drug-likeness (QED) is 0.118. The monoisotopic (exact) mass is 713 g/mol. The number of nitrogens with zero attached hydrogens (tertiary/aromatic N) is 2. The lowest BCUT2D eigenvalue weighted by Crippen LogP contribution is -2.68. The van der Waals surface area contributed by atoms with E-state index in [1.807, 2.05) is 0 Å². The van der Waals surface area contributed by atoms with E-state index < -0.39 is 115 Å². The van der Waals surface area contributed by atoms with Gasteiger partial charge in [-0.3, -0.25) is 33.6 Å². The maximum absolute atomic E-state index is 14.2. The topological polar surface area (TPSA) is 259 Å². The molecule has 280 valence electrons. The largest absolute Gasteiger partial charge is 0.480 e. The average molecular weight is 714 g/mol. The van der Waals surface area contributed by atoms with Crippen LogP contribution in [0.5, 0.6) is 0 Å². The molecule has 0 saturated carbocycles. The molecule has 0 aromatic carbocycles. The summed E-state index contributed by atoms with van der Waals surface area (Å²) in [6.45, 7) is 7.09. The number of carboxylic acid groups (broad SMARTS) is 1. The Hall–Kier alpha value is -4.36. The van der Waals surface area contributed by atoms with E-state index in [0.29, 0.717) is 12.8 Å². The third-order valence-electron chi connectivity index (χ3n) is 8.51. The van der Waals surface area contributed by atoms with Crippen LogP contribution in [0.4, 0.5) is 0 Å². The summed E-state index contributed by atoms with van der Waals surface area (Å²) in [6, 6.07) is -5.96. The summed E-state index contributed by atoms with van der Waals surface area (Å²) in [6.07, 6.45) is -5.55. The van der Waals surface area contributed by atoms with Crippen molar-refractivity contribution >= 4 is 47.5 Å². The van der Waals surface area contributed by atoms with Gasteiger partial charge in [-0.15, -0.1) is 0 Å². The molecule has 10 atom stereocenters. The van der Waals surface area contributed by atoms with Crippen LogP contribution in [0.2, 0.25) is 0 Å². The number of amides is 4. The first-order valence-electron chi connectivity index (χ1n) is 16.4. The molecular formula is C31H47N5O14. The van der Waals surface area contributed by atoms with Gasteiger partial charge in [0.05, 0.1) is 12.1 Å². The van der Waals surface area contributed by atoms with Crippen LogP contribution in [0.15, 0.2) is 0 Å². The summed E-state index contributed by atoms with van der Waals surface area (Å²) in [7, 11) is 0. The molecule has 3 fully saturated rings. The molecule has 50 heavy (non-hydrogen) atoms. The highest BCUT2D eigenvalue weighted by Crippen LogP contribution is 2.30. The van der Waals surface area contributed by atoms with Crippen LogP contribution in [0.25, 0.3) is 0 Å². The van der Waals surface area contributed by atoms with E-state index in [-0.39, 0.29) is 25.9 Å². The zero-order chi connectivity index (χ0) is 37.4. The summed E-state index contributed by atoms with van der Waals surface area (Å²) in [5, 5.41) is 14.8. The van der Waals surface area contributed by atoms with Crippen LogP contribution in [0, 0.1) is 0 Å². The van der Waals surface area contributed by atoms with E-state index in [9.17, 15) is 43.5 Å². The Morgan fingerprint density at radius 2 is 1.44 bits per heavy atom. The number of nitrogens with two attached hydrogens (primary N) is 1. The second kappa shape index (κ2) is 17.5. The van der Waals surface area contributed by atoms with Gasteiger partial charge in [0.15, 0.2) is 18.5 Å².